The van der Waals surface area contributed by atoms with E-state index in [9.17, 15) is 4.79 Å². The van der Waals surface area contributed by atoms with E-state index < -0.39 is 0 Å². The molecule has 110 valence electrons. The van der Waals surface area contributed by atoms with Gasteiger partial charge in [-0.15, -0.1) is 11.6 Å². The molecule has 0 aromatic rings. The number of carbonyl (C=O) groups is 1. The molecule has 3 heteroatoms. The first-order valence-corrected chi connectivity index (χ1v) is 7.57. The van der Waals surface area contributed by atoms with Gasteiger partial charge in [0.05, 0.1) is 0 Å². The fraction of sp³-hybridized carbons (Fsp3) is 0.688. The maximum Gasteiger partial charge on any atom is 0.302 e. The molecule has 0 aromatic carbocycles. The highest BCUT2D eigenvalue weighted by molar-refractivity contribution is 6.18. The Morgan fingerprint density at radius 2 is 1.79 bits per heavy atom. The summed E-state index contributed by atoms with van der Waals surface area (Å²) >= 11 is 5.65. The zero-order valence-corrected chi connectivity index (χ0v) is 13.4. The predicted octanol–water partition coefficient (Wildman–Crippen LogP) is 5.02. The van der Waals surface area contributed by atoms with Gasteiger partial charge in [-0.3, -0.25) is 4.79 Å². The van der Waals surface area contributed by atoms with E-state index in [2.05, 4.69) is 26.0 Å². The first-order chi connectivity index (χ1) is 8.99. The number of halogens is 1. The average molecular weight is 287 g/mol. The molecular weight excluding hydrogens is 260 g/mol. The standard InChI is InChI=1S/C16H27ClO2/c1-5-16(19-15(4)18)10-9-13(2)7-6-8-14(3)11-12-17/h7,11,16H,5-6,8-10,12H2,1-4H3/b13-7+,14-11+. The van der Waals surface area contributed by atoms with Gasteiger partial charge in [0.2, 0.25) is 0 Å². The molecule has 0 radical (unpaired) electrons. The summed E-state index contributed by atoms with van der Waals surface area (Å²) < 4.78 is 5.23. The van der Waals surface area contributed by atoms with Gasteiger partial charge in [-0.2, -0.15) is 0 Å². The van der Waals surface area contributed by atoms with Crippen molar-refractivity contribution in [3.05, 3.63) is 23.3 Å². The molecule has 0 N–H and O–H groups in total. The van der Waals surface area contributed by atoms with Crippen molar-refractivity contribution in [2.75, 3.05) is 5.88 Å². The Balaban J connectivity index is 3.98. The van der Waals surface area contributed by atoms with Crippen molar-refractivity contribution in [1.29, 1.82) is 0 Å². The monoisotopic (exact) mass is 286 g/mol. The van der Waals surface area contributed by atoms with Crippen molar-refractivity contribution in [3.63, 3.8) is 0 Å². The first-order valence-electron chi connectivity index (χ1n) is 7.04. The number of esters is 1. The molecule has 19 heavy (non-hydrogen) atoms. The number of ether oxygens (including phenoxy) is 1. The van der Waals surface area contributed by atoms with E-state index in [-0.39, 0.29) is 12.1 Å². The van der Waals surface area contributed by atoms with Crippen LogP contribution in [-0.4, -0.2) is 18.0 Å². The third-order valence-corrected chi connectivity index (χ3v) is 3.26. The number of hydrogen-bond donors (Lipinski definition) is 0. The smallest absolute Gasteiger partial charge is 0.302 e. The molecule has 1 atom stereocenters. The minimum absolute atomic E-state index is 0.0544. The lowest BCUT2D eigenvalue weighted by atomic mass is 10.0. The Bertz CT molecular complexity index is 319. The molecule has 0 aliphatic heterocycles. The molecule has 0 saturated carbocycles. The maximum atomic E-state index is 10.9. The lowest BCUT2D eigenvalue weighted by Crippen LogP contribution is -2.15. The summed E-state index contributed by atoms with van der Waals surface area (Å²) in [5.41, 5.74) is 2.70. The quantitative estimate of drug-likeness (QED) is 0.338. The normalized spacial score (nSPS) is 14.4. The van der Waals surface area contributed by atoms with Crippen molar-refractivity contribution >= 4 is 17.6 Å². The van der Waals surface area contributed by atoms with E-state index >= 15 is 0 Å². The molecule has 0 spiro atoms. The van der Waals surface area contributed by atoms with Gasteiger partial charge in [0.15, 0.2) is 0 Å². The molecule has 1 unspecified atom stereocenters. The van der Waals surface area contributed by atoms with Crippen LogP contribution < -0.4 is 0 Å². The lowest BCUT2D eigenvalue weighted by Gasteiger charge is -2.14. The Hall–Kier alpha value is -0.760. The highest BCUT2D eigenvalue weighted by atomic mass is 35.5. The van der Waals surface area contributed by atoms with Gasteiger partial charge in [-0.25, -0.2) is 0 Å². The van der Waals surface area contributed by atoms with Crippen LogP contribution in [0.5, 0.6) is 0 Å². The Kier molecular flexibility index (Phi) is 10.7. The number of alkyl halides is 1. The number of carbonyl (C=O) groups excluding carboxylic acids is 1. The Morgan fingerprint density at radius 1 is 1.16 bits per heavy atom. The second-order valence-corrected chi connectivity index (χ2v) is 5.28. The van der Waals surface area contributed by atoms with Crippen LogP contribution in [0.25, 0.3) is 0 Å². The minimum atomic E-state index is -0.185. The highest BCUT2D eigenvalue weighted by Gasteiger charge is 2.09. The molecule has 0 heterocycles. The zero-order chi connectivity index (χ0) is 14.7. The van der Waals surface area contributed by atoms with Gasteiger partial charge in [0.25, 0.3) is 0 Å². The summed E-state index contributed by atoms with van der Waals surface area (Å²) in [5, 5.41) is 0. The third kappa shape index (κ3) is 10.8. The summed E-state index contributed by atoms with van der Waals surface area (Å²) in [7, 11) is 0. The lowest BCUT2D eigenvalue weighted by molar-refractivity contribution is -0.146. The fourth-order valence-corrected chi connectivity index (χ4v) is 2.12. The van der Waals surface area contributed by atoms with Crippen molar-refractivity contribution in [1.82, 2.24) is 0 Å². The molecule has 0 saturated heterocycles. The van der Waals surface area contributed by atoms with E-state index in [0.717, 1.165) is 32.1 Å². The SMILES string of the molecule is CCC(CC/C(C)=C/CC/C(C)=C/CCl)OC(C)=O. The molecule has 0 aliphatic rings. The van der Waals surface area contributed by atoms with Crippen molar-refractivity contribution in [3.8, 4) is 0 Å². The van der Waals surface area contributed by atoms with Crippen LogP contribution in [0.3, 0.4) is 0 Å². The maximum absolute atomic E-state index is 10.9. The van der Waals surface area contributed by atoms with Gasteiger partial charge < -0.3 is 4.74 Å². The Labute approximate surface area is 122 Å². The van der Waals surface area contributed by atoms with Crippen LogP contribution in [0.1, 0.15) is 59.8 Å². The number of allylic oxidation sites excluding steroid dienone is 4. The van der Waals surface area contributed by atoms with Crippen LogP contribution in [0, 0.1) is 0 Å². The second kappa shape index (κ2) is 11.1. The number of hydrogen-bond acceptors (Lipinski definition) is 2. The van der Waals surface area contributed by atoms with Gasteiger partial charge in [-0.05, 0) is 46.0 Å². The van der Waals surface area contributed by atoms with Gasteiger partial charge in [0, 0.05) is 12.8 Å². The summed E-state index contributed by atoms with van der Waals surface area (Å²) in [5.74, 6) is 0.407. The summed E-state index contributed by atoms with van der Waals surface area (Å²) in [6.07, 6.45) is 9.27. The topological polar surface area (TPSA) is 26.3 Å². The van der Waals surface area contributed by atoms with Gasteiger partial charge in [-0.1, -0.05) is 30.2 Å². The average Bonchev–Trinajstić information content (AvgIpc) is 2.34. The highest BCUT2D eigenvalue weighted by Crippen LogP contribution is 2.14. The summed E-state index contributed by atoms with van der Waals surface area (Å²) in [4.78, 5) is 10.9. The fourth-order valence-electron chi connectivity index (χ4n) is 1.85. The third-order valence-electron chi connectivity index (χ3n) is 3.11. The zero-order valence-electron chi connectivity index (χ0n) is 12.7. The van der Waals surface area contributed by atoms with E-state index in [1.807, 2.05) is 6.92 Å². The predicted molar refractivity (Wildman–Crippen MR) is 82.5 cm³/mol. The van der Waals surface area contributed by atoms with Crippen LogP contribution >= 0.6 is 11.6 Å². The minimum Gasteiger partial charge on any atom is -0.463 e. The molecule has 0 fully saturated rings. The summed E-state index contributed by atoms with van der Waals surface area (Å²) in [6.45, 7) is 7.77. The van der Waals surface area contributed by atoms with Crippen molar-refractivity contribution in [2.24, 2.45) is 0 Å². The van der Waals surface area contributed by atoms with E-state index in [0.29, 0.717) is 5.88 Å². The molecule has 0 bridgehead atoms. The summed E-state index contributed by atoms with van der Waals surface area (Å²) in [6, 6.07) is 0. The van der Waals surface area contributed by atoms with E-state index in [4.69, 9.17) is 16.3 Å². The van der Waals surface area contributed by atoms with Crippen LogP contribution in [0.2, 0.25) is 0 Å². The first kappa shape index (κ1) is 18.2. The molecule has 0 aromatic heterocycles. The Morgan fingerprint density at radius 3 is 2.32 bits per heavy atom. The molecule has 2 nitrogen and oxygen atoms in total. The van der Waals surface area contributed by atoms with Crippen molar-refractivity contribution in [2.45, 2.75) is 65.9 Å². The van der Waals surface area contributed by atoms with E-state index in [1.165, 1.54) is 18.1 Å². The van der Waals surface area contributed by atoms with Gasteiger partial charge >= 0.3 is 5.97 Å². The molecule has 0 aliphatic carbocycles. The number of rotatable bonds is 9. The van der Waals surface area contributed by atoms with E-state index in [1.54, 1.807) is 0 Å². The molecule has 0 rings (SSSR count). The molecular formula is C16H27ClO2. The van der Waals surface area contributed by atoms with Gasteiger partial charge in [0.1, 0.15) is 6.10 Å². The van der Waals surface area contributed by atoms with Crippen LogP contribution in [0.4, 0.5) is 0 Å². The molecule has 0 amide bonds. The van der Waals surface area contributed by atoms with Crippen LogP contribution in [-0.2, 0) is 9.53 Å². The second-order valence-electron chi connectivity index (χ2n) is 4.97. The largest absolute Gasteiger partial charge is 0.463 e. The van der Waals surface area contributed by atoms with Crippen LogP contribution in [0.15, 0.2) is 23.3 Å². The van der Waals surface area contributed by atoms with Crippen molar-refractivity contribution < 1.29 is 9.53 Å².